The lowest BCUT2D eigenvalue weighted by Gasteiger charge is -2.21. The van der Waals surface area contributed by atoms with Gasteiger partial charge in [0.2, 0.25) is 0 Å². The van der Waals surface area contributed by atoms with E-state index >= 15 is 0 Å². The number of hydrogen-bond donors (Lipinski definition) is 1. The molecule has 146 valence electrons. The van der Waals surface area contributed by atoms with Gasteiger partial charge in [0, 0.05) is 18.1 Å². The molecule has 0 bridgehead atoms. The second-order valence-corrected chi connectivity index (χ2v) is 8.89. The van der Waals surface area contributed by atoms with Crippen LogP contribution in [0.3, 0.4) is 0 Å². The number of halogens is 2. The van der Waals surface area contributed by atoms with Crippen molar-refractivity contribution < 1.29 is 13.2 Å². The first-order valence-electron chi connectivity index (χ1n) is 8.55. The molecule has 8 heteroatoms. The van der Waals surface area contributed by atoms with E-state index in [-0.39, 0.29) is 21.9 Å². The normalized spacial score (nSPS) is 11.5. The zero-order valence-electron chi connectivity index (χ0n) is 15.4. The number of amides is 1. The summed E-state index contributed by atoms with van der Waals surface area (Å²) in [6.45, 7) is 3.99. The average molecular weight is 429 g/mol. The van der Waals surface area contributed by atoms with Gasteiger partial charge in [-0.05, 0) is 55.3 Å². The molecule has 1 N–H and O–H groups in total. The van der Waals surface area contributed by atoms with Gasteiger partial charge in [-0.25, -0.2) is 8.42 Å². The van der Waals surface area contributed by atoms with Crippen LogP contribution in [0.4, 0.5) is 5.69 Å². The summed E-state index contributed by atoms with van der Waals surface area (Å²) in [4.78, 5) is 12.5. The molecule has 2 rings (SSSR count). The zero-order valence-corrected chi connectivity index (χ0v) is 17.7. The lowest BCUT2D eigenvalue weighted by molar-refractivity contribution is 0.0935. The Morgan fingerprint density at radius 3 is 2.19 bits per heavy atom. The van der Waals surface area contributed by atoms with E-state index in [0.29, 0.717) is 16.3 Å². The van der Waals surface area contributed by atoms with Crippen molar-refractivity contribution in [1.82, 2.24) is 5.32 Å². The maximum absolute atomic E-state index is 12.8. The largest absolute Gasteiger partial charge is 0.349 e. The Labute approximate surface area is 170 Å². The third kappa shape index (κ3) is 4.94. The number of carbonyl (C=O) groups excluding carboxylic acids is 1. The number of anilines is 1. The van der Waals surface area contributed by atoms with Gasteiger partial charge in [0.05, 0.1) is 21.2 Å². The molecule has 2 aromatic carbocycles. The number of carbonyl (C=O) groups is 1. The van der Waals surface area contributed by atoms with Gasteiger partial charge in [0.1, 0.15) is 0 Å². The van der Waals surface area contributed by atoms with Crippen LogP contribution >= 0.6 is 23.2 Å². The molecule has 0 radical (unpaired) electrons. The summed E-state index contributed by atoms with van der Waals surface area (Å²) >= 11 is 12.1. The van der Waals surface area contributed by atoms with Crippen LogP contribution in [-0.2, 0) is 10.0 Å². The maximum atomic E-state index is 12.8. The summed E-state index contributed by atoms with van der Waals surface area (Å²) in [5, 5.41) is 3.56. The fraction of sp³-hybridized carbons (Fsp3) is 0.316. The van der Waals surface area contributed by atoms with Gasteiger partial charge in [-0.2, -0.15) is 0 Å². The standard InChI is InChI=1S/C19H22Cl2N2O3S/c1-4-14(5-2)22-19(24)17-11-8-15(12-18(17)21)23(3)27(25,26)16-9-6-13(20)7-10-16/h6-12,14H,4-5H2,1-3H3,(H,22,24). The minimum absolute atomic E-state index is 0.0706. The first-order chi connectivity index (χ1) is 12.7. The molecule has 0 aliphatic rings. The molecule has 5 nitrogen and oxygen atoms in total. The van der Waals surface area contributed by atoms with Crippen molar-refractivity contribution in [2.45, 2.75) is 37.6 Å². The van der Waals surface area contributed by atoms with Crippen molar-refractivity contribution in [3.8, 4) is 0 Å². The van der Waals surface area contributed by atoms with Crippen LogP contribution in [-0.4, -0.2) is 27.4 Å². The highest BCUT2D eigenvalue weighted by Gasteiger charge is 2.23. The Balaban J connectivity index is 2.28. The Morgan fingerprint density at radius 1 is 1.07 bits per heavy atom. The zero-order chi connectivity index (χ0) is 20.2. The quantitative estimate of drug-likeness (QED) is 0.692. The lowest BCUT2D eigenvalue weighted by atomic mass is 10.1. The maximum Gasteiger partial charge on any atom is 0.264 e. The number of nitrogens with zero attached hydrogens (tertiary/aromatic N) is 1. The summed E-state index contributed by atoms with van der Waals surface area (Å²) in [6, 6.07) is 10.5. The van der Waals surface area contributed by atoms with E-state index in [2.05, 4.69) is 5.32 Å². The Kier molecular flexibility index (Phi) is 7.14. The van der Waals surface area contributed by atoms with Gasteiger partial charge in [0.25, 0.3) is 15.9 Å². The molecule has 0 unspecified atom stereocenters. The highest BCUT2D eigenvalue weighted by molar-refractivity contribution is 7.92. The van der Waals surface area contributed by atoms with Gasteiger partial charge in [-0.3, -0.25) is 9.10 Å². The van der Waals surface area contributed by atoms with Crippen LogP contribution < -0.4 is 9.62 Å². The summed E-state index contributed by atoms with van der Waals surface area (Å²) in [6.07, 6.45) is 1.64. The van der Waals surface area contributed by atoms with Crippen LogP contribution in [0.5, 0.6) is 0 Å². The number of benzene rings is 2. The van der Waals surface area contributed by atoms with Crippen molar-refractivity contribution >= 4 is 44.8 Å². The molecule has 0 saturated carbocycles. The molecule has 0 aromatic heterocycles. The van der Waals surface area contributed by atoms with Crippen LogP contribution in [0.15, 0.2) is 47.4 Å². The molecule has 2 aromatic rings. The van der Waals surface area contributed by atoms with E-state index in [4.69, 9.17) is 23.2 Å². The lowest BCUT2D eigenvalue weighted by Crippen LogP contribution is -2.34. The molecule has 0 heterocycles. The summed E-state index contributed by atoms with van der Waals surface area (Å²) in [7, 11) is -2.34. The van der Waals surface area contributed by atoms with E-state index in [0.717, 1.165) is 17.1 Å². The fourth-order valence-electron chi connectivity index (χ4n) is 2.54. The molecule has 0 fully saturated rings. The van der Waals surface area contributed by atoms with Gasteiger partial charge < -0.3 is 5.32 Å². The predicted octanol–water partition coefficient (Wildman–Crippen LogP) is 4.74. The molecule has 0 spiro atoms. The third-order valence-electron chi connectivity index (χ3n) is 4.35. The number of nitrogens with one attached hydrogen (secondary N) is 1. The highest BCUT2D eigenvalue weighted by atomic mass is 35.5. The van der Waals surface area contributed by atoms with Crippen molar-refractivity contribution in [3.05, 3.63) is 58.1 Å². The summed E-state index contributed by atoms with van der Waals surface area (Å²) < 4.78 is 26.6. The van der Waals surface area contributed by atoms with Gasteiger partial charge in [0.15, 0.2) is 0 Å². The first kappa shape index (κ1) is 21.5. The Morgan fingerprint density at radius 2 is 1.67 bits per heavy atom. The van der Waals surface area contributed by atoms with Crippen LogP contribution in [0, 0.1) is 0 Å². The van der Waals surface area contributed by atoms with Crippen molar-refractivity contribution in [2.75, 3.05) is 11.4 Å². The van der Waals surface area contributed by atoms with E-state index in [9.17, 15) is 13.2 Å². The summed E-state index contributed by atoms with van der Waals surface area (Å²) in [5.74, 6) is -0.275. The molecular weight excluding hydrogens is 407 g/mol. The van der Waals surface area contributed by atoms with Gasteiger partial charge in [-0.15, -0.1) is 0 Å². The van der Waals surface area contributed by atoms with Crippen LogP contribution in [0.25, 0.3) is 0 Å². The van der Waals surface area contributed by atoms with Crippen molar-refractivity contribution in [1.29, 1.82) is 0 Å². The SMILES string of the molecule is CCC(CC)NC(=O)c1ccc(N(C)S(=O)(=O)c2ccc(Cl)cc2)cc1Cl. The average Bonchev–Trinajstić information content (AvgIpc) is 2.65. The van der Waals surface area contributed by atoms with E-state index in [1.165, 1.54) is 43.4 Å². The molecular formula is C19H22Cl2N2O3S. The minimum Gasteiger partial charge on any atom is -0.349 e. The van der Waals surface area contributed by atoms with Crippen LogP contribution in [0.2, 0.25) is 10.0 Å². The van der Waals surface area contributed by atoms with E-state index in [1.54, 1.807) is 6.07 Å². The van der Waals surface area contributed by atoms with Crippen molar-refractivity contribution in [2.24, 2.45) is 0 Å². The van der Waals surface area contributed by atoms with Gasteiger partial charge in [-0.1, -0.05) is 37.0 Å². The molecule has 0 aliphatic carbocycles. The minimum atomic E-state index is -3.77. The second kappa shape index (κ2) is 8.95. The first-order valence-corrected chi connectivity index (χ1v) is 10.7. The second-order valence-electron chi connectivity index (χ2n) is 6.08. The highest BCUT2D eigenvalue weighted by Crippen LogP contribution is 2.27. The number of rotatable bonds is 7. The molecule has 27 heavy (non-hydrogen) atoms. The molecule has 0 aliphatic heterocycles. The van der Waals surface area contributed by atoms with Crippen LogP contribution in [0.1, 0.15) is 37.0 Å². The summed E-state index contributed by atoms with van der Waals surface area (Å²) in [5.41, 5.74) is 0.665. The monoisotopic (exact) mass is 428 g/mol. The predicted molar refractivity (Wildman–Crippen MR) is 110 cm³/mol. The number of sulfonamides is 1. The smallest absolute Gasteiger partial charge is 0.264 e. The fourth-order valence-corrected chi connectivity index (χ4v) is 4.12. The molecule has 0 atom stereocenters. The van der Waals surface area contributed by atoms with Crippen molar-refractivity contribution in [3.63, 3.8) is 0 Å². The van der Waals surface area contributed by atoms with Gasteiger partial charge >= 0.3 is 0 Å². The third-order valence-corrected chi connectivity index (χ3v) is 6.72. The van der Waals surface area contributed by atoms with E-state index in [1.807, 2.05) is 13.8 Å². The van der Waals surface area contributed by atoms with E-state index < -0.39 is 10.0 Å². The Hall–Kier alpha value is -1.76. The molecule has 0 saturated heterocycles. The number of hydrogen-bond acceptors (Lipinski definition) is 3. The Bertz CT molecular complexity index is 911. The molecule has 1 amide bonds. The topological polar surface area (TPSA) is 66.5 Å².